The molecule has 0 bridgehead atoms. The molecule has 2 amide bonds. The molecule has 0 spiro atoms. The lowest BCUT2D eigenvalue weighted by molar-refractivity contribution is 0.0629. The van der Waals surface area contributed by atoms with Crippen LogP contribution in [0.2, 0.25) is 0 Å². The van der Waals surface area contributed by atoms with Gasteiger partial charge in [0.1, 0.15) is 6.10 Å². The summed E-state index contributed by atoms with van der Waals surface area (Å²) in [6, 6.07) is 15.3. The second-order valence-electron chi connectivity index (χ2n) is 8.63. The Balaban J connectivity index is 1.20. The van der Waals surface area contributed by atoms with Crippen LogP contribution in [0.3, 0.4) is 0 Å². The maximum Gasteiger partial charge on any atom is 0.411 e. The Morgan fingerprint density at radius 1 is 1.03 bits per heavy atom. The molecule has 1 aromatic heterocycles. The van der Waals surface area contributed by atoms with Crippen molar-refractivity contribution in [3.63, 3.8) is 0 Å². The maximum atomic E-state index is 13.0. The van der Waals surface area contributed by atoms with Crippen molar-refractivity contribution in [1.29, 1.82) is 0 Å². The fraction of sp³-hybridized carbons (Fsp3) is 0.333. The smallest absolute Gasteiger partial charge is 0.411 e. The number of likely N-dealkylation sites (tertiary alicyclic amines) is 1. The van der Waals surface area contributed by atoms with Gasteiger partial charge in [0.2, 0.25) is 0 Å². The lowest BCUT2D eigenvalue weighted by Gasteiger charge is -2.37. The van der Waals surface area contributed by atoms with Crippen molar-refractivity contribution < 1.29 is 14.3 Å². The molecule has 6 rings (SSSR count). The van der Waals surface area contributed by atoms with Crippen LogP contribution in [0.15, 0.2) is 53.3 Å². The predicted octanol–water partition coefficient (Wildman–Crippen LogP) is 2.65. The van der Waals surface area contributed by atoms with E-state index in [1.165, 1.54) is 5.56 Å². The van der Waals surface area contributed by atoms with Crippen molar-refractivity contribution in [2.45, 2.75) is 37.5 Å². The molecule has 0 unspecified atom stereocenters. The summed E-state index contributed by atoms with van der Waals surface area (Å²) in [4.78, 5) is 48.7. The highest BCUT2D eigenvalue weighted by atomic mass is 16.6. The molecule has 1 aliphatic carbocycles. The first-order valence-electron chi connectivity index (χ1n) is 11.0. The molecule has 162 valence electrons. The highest BCUT2D eigenvalue weighted by Crippen LogP contribution is 2.44. The lowest BCUT2D eigenvalue weighted by atomic mass is 9.99. The maximum absolute atomic E-state index is 13.0. The Morgan fingerprint density at radius 3 is 2.62 bits per heavy atom. The largest absolute Gasteiger partial charge is 0.443 e. The van der Waals surface area contributed by atoms with Gasteiger partial charge in [0.25, 0.3) is 11.5 Å². The number of piperidine rings is 1. The van der Waals surface area contributed by atoms with Crippen LogP contribution in [-0.4, -0.2) is 57.0 Å². The van der Waals surface area contributed by atoms with E-state index in [0.29, 0.717) is 37.0 Å². The summed E-state index contributed by atoms with van der Waals surface area (Å²) >= 11 is 0. The fourth-order valence-electron chi connectivity index (χ4n) is 5.32. The Hall–Kier alpha value is -3.68. The van der Waals surface area contributed by atoms with E-state index in [0.717, 1.165) is 12.0 Å². The monoisotopic (exact) mass is 430 g/mol. The van der Waals surface area contributed by atoms with Crippen LogP contribution >= 0.6 is 0 Å². The summed E-state index contributed by atoms with van der Waals surface area (Å²) in [7, 11) is 0. The van der Waals surface area contributed by atoms with Crippen LogP contribution in [0, 0.1) is 0 Å². The van der Waals surface area contributed by atoms with Gasteiger partial charge >= 0.3 is 6.09 Å². The van der Waals surface area contributed by atoms with Gasteiger partial charge in [0, 0.05) is 25.6 Å². The van der Waals surface area contributed by atoms with E-state index in [1.54, 1.807) is 17.0 Å². The summed E-state index contributed by atoms with van der Waals surface area (Å²) in [5.74, 6) is -0.372. The average molecular weight is 430 g/mol. The number of amides is 2. The van der Waals surface area contributed by atoms with Gasteiger partial charge in [-0.05, 0) is 36.1 Å². The van der Waals surface area contributed by atoms with Crippen molar-refractivity contribution in [2.24, 2.45) is 0 Å². The zero-order chi connectivity index (χ0) is 21.8. The van der Waals surface area contributed by atoms with E-state index in [9.17, 15) is 14.4 Å². The Bertz CT molecular complexity index is 1290. The van der Waals surface area contributed by atoms with E-state index in [-0.39, 0.29) is 35.9 Å². The standard InChI is InChI=1S/C24H22N4O4/c29-22-20(25-17-7-3-4-8-18(17)26-22)23(30)27-11-9-15(10-12-27)28-21-16-6-2-1-5-14(16)13-19(21)32-24(28)31/h1-8,15,19,21H,9-13H2,(H,26,29)/t19-,21+/m1/s1. The van der Waals surface area contributed by atoms with E-state index in [1.807, 2.05) is 29.2 Å². The van der Waals surface area contributed by atoms with Crippen molar-refractivity contribution in [3.05, 3.63) is 75.7 Å². The summed E-state index contributed by atoms with van der Waals surface area (Å²) in [5.41, 5.74) is 3.00. The molecule has 2 aliphatic heterocycles. The van der Waals surface area contributed by atoms with Gasteiger partial charge in [0.15, 0.2) is 5.69 Å². The molecule has 8 nitrogen and oxygen atoms in total. The second-order valence-corrected chi connectivity index (χ2v) is 8.63. The third-order valence-corrected chi connectivity index (χ3v) is 6.86. The first-order valence-corrected chi connectivity index (χ1v) is 11.0. The summed E-state index contributed by atoms with van der Waals surface area (Å²) < 4.78 is 5.68. The third kappa shape index (κ3) is 2.90. The number of aromatic amines is 1. The molecule has 2 aromatic carbocycles. The second kappa shape index (κ2) is 7.19. The highest BCUT2D eigenvalue weighted by molar-refractivity contribution is 5.93. The minimum atomic E-state index is -0.482. The molecule has 3 aliphatic rings. The number of rotatable bonds is 2. The molecule has 2 saturated heterocycles. The summed E-state index contributed by atoms with van der Waals surface area (Å²) in [5, 5.41) is 0. The van der Waals surface area contributed by atoms with E-state index in [4.69, 9.17) is 4.74 Å². The van der Waals surface area contributed by atoms with Crippen molar-refractivity contribution in [3.8, 4) is 0 Å². The molecular weight excluding hydrogens is 408 g/mol. The molecule has 8 heteroatoms. The minimum Gasteiger partial charge on any atom is -0.443 e. The molecule has 3 heterocycles. The number of H-pyrrole nitrogens is 1. The van der Waals surface area contributed by atoms with Crippen LogP contribution in [0.4, 0.5) is 4.79 Å². The molecule has 1 N–H and O–H groups in total. The predicted molar refractivity (Wildman–Crippen MR) is 116 cm³/mol. The first-order chi connectivity index (χ1) is 15.6. The molecule has 2 atom stereocenters. The van der Waals surface area contributed by atoms with Gasteiger partial charge in [0.05, 0.1) is 17.1 Å². The van der Waals surface area contributed by atoms with Crippen molar-refractivity contribution in [1.82, 2.24) is 19.8 Å². The third-order valence-electron chi connectivity index (χ3n) is 6.86. The Kier molecular flexibility index (Phi) is 4.28. The zero-order valence-corrected chi connectivity index (χ0v) is 17.4. The van der Waals surface area contributed by atoms with Gasteiger partial charge < -0.3 is 14.6 Å². The van der Waals surface area contributed by atoms with Crippen LogP contribution in [0.5, 0.6) is 0 Å². The summed E-state index contributed by atoms with van der Waals surface area (Å²) in [6.45, 7) is 0.917. The van der Waals surface area contributed by atoms with E-state index >= 15 is 0 Å². The molecule has 0 radical (unpaired) electrons. The van der Waals surface area contributed by atoms with Gasteiger partial charge in [-0.25, -0.2) is 9.78 Å². The van der Waals surface area contributed by atoms with Crippen LogP contribution in [0.1, 0.15) is 40.5 Å². The number of ether oxygens (including phenoxy) is 1. The number of carbonyl (C=O) groups is 2. The minimum absolute atomic E-state index is 0.00412. The molecular formula is C24H22N4O4. The number of aromatic nitrogens is 2. The number of fused-ring (bicyclic) bond motifs is 4. The van der Waals surface area contributed by atoms with Gasteiger partial charge in [-0.15, -0.1) is 0 Å². The van der Waals surface area contributed by atoms with Crippen molar-refractivity contribution in [2.75, 3.05) is 13.1 Å². The highest BCUT2D eigenvalue weighted by Gasteiger charge is 2.50. The molecule has 3 aromatic rings. The number of benzene rings is 2. The van der Waals surface area contributed by atoms with Gasteiger partial charge in [-0.3, -0.25) is 14.5 Å². The average Bonchev–Trinajstić information content (AvgIpc) is 3.32. The number of hydrogen-bond donors (Lipinski definition) is 1. The van der Waals surface area contributed by atoms with Gasteiger partial charge in [-0.1, -0.05) is 36.4 Å². The topological polar surface area (TPSA) is 95.6 Å². The van der Waals surface area contributed by atoms with Crippen LogP contribution < -0.4 is 5.56 Å². The SMILES string of the molecule is O=C(c1nc2ccccc2[nH]c1=O)N1CCC(N2C(=O)O[C@@H]3Cc4ccccc4[C@@H]32)CC1. The van der Waals surface area contributed by atoms with Crippen LogP contribution in [-0.2, 0) is 11.2 Å². The molecule has 32 heavy (non-hydrogen) atoms. The molecule has 2 fully saturated rings. The number of nitrogens with zero attached hydrogens (tertiary/aromatic N) is 3. The van der Waals surface area contributed by atoms with E-state index in [2.05, 4.69) is 22.1 Å². The van der Waals surface area contributed by atoms with Gasteiger partial charge in [-0.2, -0.15) is 0 Å². The first kappa shape index (κ1) is 19.0. The number of hydrogen-bond acceptors (Lipinski definition) is 5. The summed E-state index contributed by atoms with van der Waals surface area (Å²) in [6.07, 6.45) is 1.61. The Labute approximate surface area is 183 Å². The quantitative estimate of drug-likeness (QED) is 0.674. The number of carbonyl (C=O) groups excluding carboxylic acids is 2. The van der Waals surface area contributed by atoms with Crippen LogP contribution in [0.25, 0.3) is 11.0 Å². The fourth-order valence-corrected chi connectivity index (χ4v) is 5.32. The van der Waals surface area contributed by atoms with E-state index < -0.39 is 5.56 Å². The number of para-hydroxylation sites is 2. The zero-order valence-electron chi connectivity index (χ0n) is 17.4. The lowest BCUT2D eigenvalue weighted by Crippen LogP contribution is -2.48. The Morgan fingerprint density at radius 2 is 1.78 bits per heavy atom. The molecule has 0 saturated carbocycles. The normalized spacial score (nSPS) is 22.7. The van der Waals surface area contributed by atoms with Crippen molar-refractivity contribution >= 4 is 23.0 Å². The number of nitrogens with one attached hydrogen (secondary N) is 1.